The van der Waals surface area contributed by atoms with Crippen LogP contribution >= 0.6 is 35.6 Å². The lowest BCUT2D eigenvalue weighted by Crippen LogP contribution is -2.27. The number of carbonyl (C=O) groups excluding carboxylic acids is 1. The maximum Gasteiger partial charge on any atom is 0.288 e. The SMILES string of the molecule is O=C1/C(=C/c2ccc(Cl)c([N+](=O)[O-])c2)SC(=S)N1c1cccc(F)c1. The van der Waals surface area contributed by atoms with Crippen LogP contribution in [0.3, 0.4) is 0 Å². The van der Waals surface area contributed by atoms with E-state index in [4.69, 9.17) is 23.8 Å². The largest absolute Gasteiger partial charge is 0.288 e. The molecule has 2 aromatic carbocycles. The van der Waals surface area contributed by atoms with Crippen molar-refractivity contribution in [2.24, 2.45) is 0 Å². The number of halogens is 2. The maximum atomic E-state index is 13.4. The minimum Gasteiger partial charge on any atom is -0.268 e. The third kappa shape index (κ3) is 3.55. The quantitative estimate of drug-likeness (QED) is 0.324. The van der Waals surface area contributed by atoms with Crippen LogP contribution in [0.1, 0.15) is 5.56 Å². The minimum absolute atomic E-state index is 0.00876. The molecule has 2 aromatic rings. The number of hydrogen-bond donors (Lipinski definition) is 0. The number of hydrogen-bond acceptors (Lipinski definition) is 5. The van der Waals surface area contributed by atoms with Gasteiger partial charge in [0.05, 0.1) is 15.5 Å². The van der Waals surface area contributed by atoms with Crippen molar-refractivity contribution < 1.29 is 14.1 Å². The zero-order valence-electron chi connectivity index (χ0n) is 12.3. The summed E-state index contributed by atoms with van der Waals surface area (Å²) in [5.41, 5.74) is 0.514. The zero-order chi connectivity index (χ0) is 18.1. The number of thioether (sulfide) groups is 1. The lowest BCUT2D eigenvalue weighted by molar-refractivity contribution is -0.384. The molecule has 9 heteroatoms. The van der Waals surface area contributed by atoms with Gasteiger partial charge in [0, 0.05) is 6.07 Å². The highest BCUT2D eigenvalue weighted by Gasteiger charge is 2.33. The lowest BCUT2D eigenvalue weighted by atomic mass is 10.2. The van der Waals surface area contributed by atoms with Crippen LogP contribution in [-0.2, 0) is 4.79 Å². The molecule has 1 amide bonds. The molecular weight excluding hydrogens is 387 g/mol. The Morgan fingerprint density at radius 2 is 2.04 bits per heavy atom. The van der Waals surface area contributed by atoms with Gasteiger partial charge in [0.2, 0.25) is 0 Å². The van der Waals surface area contributed by atoms with Gasteiger partial charge in [-0.05, 0) is 35.9 Å². The molecule has 1 fully saturated rings. The number of thiocarbonyl (C=S) groups is 1. The average molecular weight is 395 g/mol. The maximum absolute atomic E-state index is 13.4. The predicted molar refractivity (Wildman–Crippen MR) is 100 cm³/mol. The molecule has 1 aliphatic heterocycles. The molecule has 0 bridgehead atoms. The molecule has 25 heavy (non-hydrogen) atoms. The normalized spacial score (nSPS) is 15.9. The number of rotatable bonds is 3. The summed E-state index contributed by atoms with van der Waals surface area (Å²) < 4.78 is 13.7. The Morgan fingerprint density at radius 3 is 2.72 bits per heavy atom. The van der Waals surface area contributed by atoms with Gasteiger partial charge in [-0.25, -0.2) is 4.39 Å². The van der Waals surface area contributed by atoms with Gasteiger partial charge < -0.3 is 0 Å². The second kappa shape index (κ2) is 6.91. The molecule has 1 saturated heterocycles. The topological polar surface area (TPSA) is 63.4 Å². The fourth-order valence-electron chi connectivity index (χ4n) is 2.22. The van der Waals surface area contributed by atoms with Crippen molar-refractivity contribution in [2.45, 2.75) is 0 Å². The van der Waals surface area contributed by atoms with Gasteiger partial charge in [0.1, 0.15) is 10.8 Å². The summed E-state index contributed by atoms with van der Waals surface area (Å²) in [6.45, 7) is 0. The highest BCUT2D eigenvalue weighted by Crippen LogP contribution is 2.36. The van der Waals surface area contributed by atoms with E-state index in [2.05, 4.69) is 0 Å². The smallest absolute Gasteiger partial charge is 0.268 e. The molecule has 1 heterocycles. The molecule has 0 atom stereocenters. The van der Waals surface area contributed by atoms with Crippen LogP contribution in [0.25, 0.3) is 6.08 Å². The van der Waals surface area contributed by atoms with E-state index in [0.29, 0.717) is 11.3 Å². The summed E-state index contributed by atoms with van der Waals surface area (Å²) >= 11 is 12.0. The number of nitrogens with zero attached hydrogens (tertiary/aromatic N) is 2. The molecule has 1 aliphatic rings. The van der Waals surface area contributed by atoms with Crippen LogP contribution in [0.2, 0.25) is 5.02 Å². The fourth-order valence-corrected chi connectivity index (χ4v) is 3.70. The van der Waals surface area contributed by atoms with Crippen molar-refractivity contribution in [3.8, 4) is 0 Å². The van der Waals surface area contributed by atoms with Crippen molar-refractivity contribution in [1.29, 1.82) is 0 Å². The summed E-state index contributed by atoms with van der Waals surface area (Å²) in [4.78, 5) is 24.5. The summed E-state index contributed by atoms with van der Waals surface area (Å²) in [5, 5.41) is 11.0. The molecule has 5 nitrogen and oxygen atoms in total. The van der Waals surface area contributed by atoms with Crippen molar-refractivity contribution in [3.05, 3.63) is 73.9 Å². The van der Waals surface area contributed by atoms with E-state index in [1.54, 1.807) is 12.1 Å². The van der Waals surface area contributed by atoms with Gasteiger partial charge in [-0.15, -0.1) is 0 Å². The number of carbonyl (C=O) groups is 1. The van der Waals surface area contributed by atoms with Crippen LogP contribution < -0.4 is 4.90 Å². The van der Waals surface area contributed by atoms with Gasteiger partial charge >= 0.3 is 0 Å². The van der Waals surface area contributed by atoms with Crippen LogP contribution in [-0.4, -0.2) is 15.2 Å². The predicted octanol–water partition coefficient (Wildman–Crippen LogP) is 4.79. The summed E-state index contributed by atoms with van der Waals surface area (Å²) in [5.74, 6) is -0.901. The number of nitro groups is 1. The Kier molecular flexibility index (Phi) is 4.85. The highest BCUT2D eigenvalue weighted by atomic mass is 35.5. The first kappa shape index (κ1) is 17.5. The minimum atomic E-state index is -0.600. The zero-order valence-corrected chi connectivity index (χ0v) is 14.7. The molecule has 0 saturated carbocycles. The average Bonchev–Trinajstić information content (AvgIpc) is 2.83. The van der Waals surface area contributed by atoms with Gasteiger partial charge in [0.25, 0.3) is 11.6 Å². The molecule has 126 valence electrons. The van der Waals surface area contributed by atoms with Gasteiger partial charge in [0.15, 0.2) is 4.32 Å². The van der Waals surface area contributed by atoms with E-state index in [-0.39, 0.29) is 19.9 Å². The molecule has 0 aromatic heterocycles. The molecule has 0 spiro atoms. The van der Waals surface area contributed by atoms with Crippen LogP contribution in [0, 0.1) is 15.9 Å². The van der Waals surface area contributed by atoms with Gasteiger partial charge in [-0.2, -0.15) is 0 Å². The summed E-state index contributed by atoms with van der Waals surface area (Å²) in [7, 11) is 0. The third-order valence-electron chi connectivity index (χ3n) is 3.32. The second-order valence-corrected chi connectivity index (χ2v) is 7.05. The first-order valence-corrected chi connectivity index (χ1v) is 8.44. The first-order valence-electron chi connectivity index (χ1n) is 6.84. The Morgan fingerprint density at radius 1 is 1.28 bits per heavy atom. The lowest BCUT2D eigenvalue weighted by Gasteiger charge is -2.14. The third-order valence-corrected chi connectivity index (χ3v) is 4.95. The number of amides is 1. The standard InChI is InChI=1S/C16H8ClFN2O3S2/c17-12-5-4-9(6-13(12)20(22)23)7-14-15(21)19(16(24)25-14)11-3-1-2-10(18)8-11/h1-8H/b14-7-. The van der Waals surface area contributed by atoms with E-state index < -0.39 is 16.6 Å². The Hall–Kier alpha value is -2.29. The molecule has 0 aliphatic carbocycles. The number of anilines is 1. The second-order valence-electron chi connectivity index (χ2n) is 4.96. The molecular formula is C16H8ClFN2O3S2. The van der Waals surface area contributed by atoms with E-state index >= 15 is 0 Å². The van der Waals surface area contributed by atoms with E-state index in [9.17, 15) is 19.3 Å². The van der Waals surface area contributed by atoms with E-state index in [0.717, 1.165) is 11.8 Å². The number of nitro benzene ring substituents is 1. The molecule has 3 rings (SSSR count). The Bertz CT molecular complexity index is 949. The van der Waals surface area contributed by atoms with Crippen molar-refractivity contribution in [3.63, 3.8) is 0 Å². The van der Waals surface area contributed by atoms with Crippen molar-refractivity contribution >= 4 is 63.3 Å². The van der Waals surface area contributed by atoms with E-state index in [1.807, 2.05) is 0 Å². The van der Waals surface area contributed by atoms with E-state index in [1.165, 1.54) is 41.3 Å². The van der Waals surface area contributed by atoms with Crippen molar-refractivity contribution in [2.75, 3.05) is 4.90 Å². The molecule has 0 radical (unpaired) electrons. The Balaban J connectivity index is 1.96. The number of benzene rings is 2. The monoisotopic (exact) mass is 394 g/mol. The Labute approximate surface area is 156 Å². The first-order chi connectivity index (χ1) is 11.9. The molecule has 0 unspecified atom stereocenters. The van der Waals surface area contributed by atoms with Crippen LogP contribution in [0.5, 0.6) is 0 Å². The fraction of sp³-hybridized carbons (Fsp3) is 0. The molecule has 0 N–H and O–H groups in total. The summed E-state index contributed by atoms with van der Waals surface area (Å²) in [6, 6.07) is 9.75. The highest BCUT2D eigenvalue weighted by molar-refractivity contribution is 8.27. The summed E-state index contributed by atoms with van der Waals surface area (Å²) in [6.07, 6.45) is 1.49. The van der Waals surface area contributed by atoms with Gasteiger partial charge in [-0.1, -0.05) is 47.7 Å². The van der Waals surface area contributed by atoms with Crippen LogP contribution in [0.15, 0.2) is 47.4 Å². The van der Waals surface area contributed by atoms with Gasteiger partial charge in [-0.3, -0.25) is 19.8 Å². The van der Waals surface area contributed by atoms with Crippen molar-refractivity contribution in [1.82, 2.24) is 0 Å². The van der Waals surface area contributed by atoms with Crippen LogP contribution in [0.4, 0.5) is 15.8 Å².